The van der Waals surface area contributed by atoms with Crippen molar-refractivity contribution in [2.45, 2.75) is 0 Å². The Bertz CT molecular complexity index is 3110. The summed E-state index contributed by atoms with van der Waals surface area (Å²) in [5.41, 5.74) is 13.1. The second-order valence-electron chi connectivity index (χ2n) is 13.3. The maximum absolute atomic E-state index is 2.49. The summed E-state index contributed by atoms with van der Waals surface area (Å²) in [5, 5.41) is 7.50. The molecule has 3 nitrogen and oxygen atoms in total. The summed E-state index contributed by atoms with van der Waals surface area (Å²) in [5.74, 6) is 0. The molecule has 11 aromatic rings. The SMILES string of the molecule is c1ccc(-c2ccc(-n3c4ccccc4c4ccc5c(c6ccccc6n5-c5cccc6c7ccccc7n(-c7ccccc7)c56)c43)cc2)cc1. The van der Waals surface area contributed by atoms with Crippen molar-refractivity contribution in [1.82, 2.24) is 13.7 Å². The highest BCUT2D eigenvalue weighted by molar-refractivity contribution is 6.26. The normalized spacial score (nSPS) is 11.9. The number of aromatic nitrogens is 3. The minimum Gasteiger partial charge on any atom is -0.309 e. The fourth-order valence-corrected chi connectivity index (χ4v) is 8.50. The Labute approximate surface area is 294 Å². The van der Waals surface area contributed by atoms with Crippen LogP contribution in [-0.2, 0) is 0 Å². The van der Waals surface area contributed by atoms with Crippen molar-refractivity contribution in [3.8, 4) is 28.2 Å². The third-order valence-electron chi connectivity index (χ3n) is 10.6. The zero-order valence-corrected chi connectivity index (χ0v) is 27.7. The second-order valence-corrected chi connectivity index (χ2v) is 13.3. The van der Waals surface area contributed by atoms with Crippen LogP contribution in [0.5, 0.6) is 0 Å². The van der Waals surface area contributed by atoms with Gasteiger partial charge in [-0.15, -0.1) is 0 Å². The lowest BCUT2D eigenvalue weighted by Gasteiger charge is -2.14. The predicted octanol–water partition coefficient (Wildman–Crippen LogP) is 12.6. The molecule has 0 saturated carbocycles. The average molecular weight is 650 g/mol. The molecule has 3 heteroatoms. The van der Waals surface area contributed by atoms with Crippen molar-refractivity contribution in [1.29, 1.82) is 0 Å². The molecule has 0 radical (unpaired) electrons. The van der Waals surface area contributed by atoms with Crippen LogP contribution in [0.1, 0.15) is 0 Å². The fourth-order valence-electron chi connectivity index (χ4n) is 8.50. The summed E-state index contributed by atoms with van der Waals surface area (Å²) >= 11 is 0. The smallest absolute Gasteiger partial charge is 0.0782 e. The number of benzene rings is 8. The summed E-state index contributed by atoms with van der Waals surface area (Å²) in [6, 6.07) is 68.3. The molecule has 0 saturated heterocycles. The number of rotatable bonds is 4. The Morgan fingerprint density at radius 3 is 1.43 bits per heavy atom. The van der Waals surface area contributed by atoms with Gasteiger partial charge in [0.05, 0.1) is 38.8 Å². The maximum atomic E-state index is 2.49. The van der Waals surface area contributed by atoms with E-state index in [1.807, 2.05) is 0 Å². The number of nitrogens with zero attached hydrogens (tertiary/aromatic N) is 3. The van der Waals surface area contributed by atoms with Crippen LogP contribution in [0.2, 0.25) is 0 Å². The molecule has 11 rings (SSSR count). The summed E-state index contributed by atoms with van der Waals surface area (Å²) in [4.78, 5) is 0. The van der Waals surface area contributed by atoms with Crippen LogP contribution in [0.4, 0.5) is 0 Å². The highest BCUT2D eigenvalue weighted by atomic mass is 15.1. The number of hydrogen-bond donors (Lipinski definition) is 0. The monoisotopic (exact) mass is 649 g/mol. The van der Waals surface area contributed by atoms with E-state index in [2.05, 4.69) is 202 Å². The fraction of sp³-hybridized carbons (Fsp3) is 0. The van der Waals surface area contributed by atoms with Gasteiger partial charge in [-0.1, -0.05) is 133 Å². The lowest BCUT2D eigenvalue weighted by molar-refractivity contribution is 1.13. The molecule has 8 aromatic carbocycles. The Morgan fingerprint density at radius 2 is 0.745 bits per heavy atom. The summed E-state index contributed by atoms with van der Waals surface area (Å²) in [7, 11) is 0. The molecule has 0 spiro atoms. The predicted molar refractivity (Wildman–Crippen MR) is 215 cm³/mol. The summed E-state index contributed by atoms with van der Waals surface area (Å²) in [6.07, 6.45) is 0. The van der Waals surface area contributed by atoms with Gasteiger partial charge < -0.3 is 13.7 Å². The minimum atomic E-state index is 1.15. The van der Waals surface area contributed by atoms with Crippen molar-refractivity contribution in [2.24, 2.45) is 0 Å². The van der Waals surface area contributed by atoms with Crippen molar-refractivity contribution in [3.63, 3.8) is 0 Å². The van der Waals surface area contributed by atoms with E-state index in [0.29, 0.717) is 0 Å². The van der Waals surface area contributed by atoms with E-state index in [0.717, 1.165) is 17.1 Å². The van der Waals surface area contributed by atoms with E-state index in [1.54, 1.807) is 0 Å². The quantitative estimate of drug-likeness (QED) is 0.180. The largest absolute Gasteiger partial charge is 0.309 e. The molecule has 3 heterocycles. The number of hydrogen-bond acceptors (Lipinski definition) is 0. The van der Waals surface area contributed by atoms with Crippen LogP contribution in [0.15, 0.2) is 188 Å². The van der Waals surface area contributed by atoms with Crippen molar-refractivity contribution < 1.29 is 0 Å². The van der Waals surface area contributed by atoms with Gasteiger partial charge in [-0.3, -0.25) is 0 Å². The molecule has 0 aliphatic carbocycles. The first-order chi connectivity index (χ1) is 25.3. The van der Waals surface area contributed by atoms with Crippen LogP contribution in [-0.4, -0.2) is 13.7 Å². The molecule has 0 aliphatic heterocycles. The first kappa shape index (κ1) is 28.0. The zero-order valence-electron chi connectivity index (χ0n) is 27.7. The van der Waals surface area contributed by atoms with Crippen molar-refractivity contribution in [3.05, 3.63) is 188 Å². The van der Waals surface area contributed by atoms with E-state index < -0.39 is 0 Å². The van der Waals surface area contributed by atoms with Crippen molar-refractivity contribution in [2.75, 3.05) is 0 Å². The summed E-state index contributed by atoms with van der Waals surface area (Å²) < 4.78 is 7.40. The van der Waals surface area contributed by atoms with E-state index in [1.165, 1.54) is 76.5 Å². The lowest BCUT2D eigenvalue weighted by atomic mass is 10.1. The van der Waals surface area contributed by atoms with Gasteiger partial charge in [0.1, 0.15) is 0 Å². The van der Waals surface area contributed by atoms with Gasteiger partial charge >= 0.3 is 0 Å². The van der Waals surface area contributed by atoms with Crippen molar-refractivity contribution >= 4 is 65.4 Å². The highest BCUT2D eigenvalue weighted by Crippen LogP contribution is 2.44. The standard InChI is InChI=1S/C48H31N3/c1-3-14-32(15-4-1)33-26-28-35(29-27-33)50-42-23-11-8-19-37(42)39-30-31-44-46(48(39)50)40-20-9-12-24-43(40)51(44)45-25-13-21-38-36-18-7-10-22-41(36)49(47(38)45)34-16-5-2-6-17-34/h1-31H. The van der Waals surface area contributed by atoms with Gasteiger partial charge in [-0.05, 0) is 65.7 Å². The summed E-state index contributed by atoms with van der Waals surface area (Å²) in [6.45, 7) is 0. The van der Waals surface area contributed by atoms with E-state index in [9.17, 15) is 0 Å². The molecule has 0 atom stereocenters. The second kappa shape index (κ2) is 10.8. The third kappa shape index (κ3) is 4.00. The van der Waals surface area contributed by atoms with E-state index in [-0.39, 0.29) is 0 Å². The molecule has 238 valence electrons. The van der Waals surface area contributed by atoms with Crippen LogP contribution < -0.4 is 0 Å². The van der Waals surface area contributed by atoms with Crippen LogP contribution in [0, 0.1) is 0 Å². The highest BCUT2D eigenvalue weighted by Gasteiger charge is 2.23. The van der Waals surface area contributed by atoms with Crippen LogP contribution >= 0.6 is 0 Å². The molecule has 0 aliphatic rings. The van der Waals surface area contributed by atoms with Crippen LogP contribution in [0.25, 0.3) is 93.6 Å². The number of fused-ring (bicyclic) bond motifs is 10. The van der Waals surface area contributed by atoms with Gasteiger partial charge in [0, 0.05) is 43.7 Å². The molecule has 51 heavy (non-hydrogen) atoms. The molecule has 3 aromatic heterocycles. The Morgan fingerprint density at radius 1 is 0.255 bits per heavy atom. The molecular formula is C48H31N3. The molecule has 0 amide bonds. The van der Waals surface area contributed by atoms with E-state index in [4.69, 9.17) is 0 Å². The van der Waals surface area contributed by atoms with Gasteiger partial charge in [0.2, 0.25) is 0 Å². The van der Waals surface area contributed by atoms with Gasteiger partial charge in [-0.2, -0.15) is 0 Å². The van der Waals surface area contributed by atoms with Crippen LogP contribution in [0.3, 0.4) is 0 Å². The topological polar surface area (TPSA) is 14.8 Å². The van der Waals surface area contributed by atoms with Gasteiger partial charge in [-0.25, -0.2) is 0 Å². The molecule has 0 bridgehead atoms. The maximum Gasteiger partial charge on any atom is 0.0782 e. The first-order valence-corrected chi connectivity index (χ1v) is 17.5. The Balaban J connectivity index is 1.27. The zero-order chi connectivity index (χ0) is 33.5. The first-order valence-electron chi connectivity index (χ1n) is 17.5. The third-order valence-corrected chi connectivity index (χ3v) is 10.6. The minimum absolute atomic E-state index is 1.15. The molecule has 0 unspecified atom stereocenters. The van der Waals surface area contributed by atoms with Gasteiger partial charge in [0.25, 0.3) is 0 Å². The molecule has 0 fully saturated rings. The molecular weight excluding hydrogens is 619 g/mol. The number of para-hydroxylation sites is 5. The Hall–Kier alpha value is -6.84. The average Bonchev–Trinajstić information content (AvgIpc) is 3.84. The lowest BCUT2D eigenvalue weighted by Crippen LogP contribution is -2.00. The van der Waals surface area contributed by atoms with Gasteiger partial charge in [0.15, 0.2) is 0 Å². The molecule has 0 N–H and O–H groups in total. The Kier molecular flexibility index (Phi) is 5.96. The van der Waals surface area contributed by atoms with E-state index >= 15 is 0 Å².